The first kappa shape index (κ1) is 23.3. The predicted octanol–water partition coefficient (Wildman–Crippen LogP) is 3.63. The Morgan fingerprint density at radius 1 is 1.07 bits per heavy atom. The average molecular weight is 413 g/mol. The molecule has 1 atom stereocenters. The summed E-state index contributed by atoms with van der Waals surface area (Å²) < 4.78 is 11.0. The molecule has 0 aliphatic rings. The van der Waals surface area contributed by atoms with Crippen molar-refractivity contribution in [2.75, 3.05) is 20.3 Å². The molecule has 0 saturated carbocycles. The van der Waals surface area contributed by atoms with Crippen molar-refractivity contribution in [2.24, 2.45) is 0 Å². The summed E-state index contributed by atoms with van der Waals surface area (Å²) in [7, 11) is 1.60. The van der Waals surface area contributed by atoms with Crippen LogP contribution in [0.4, 0.5) is 0 Å². The van der Waals surface area contributed by atoms with E-state index in [1.54, 1.807) is 18.9 Å². The first-order chi connectivity index (χ1) is 14.3. The van der Waals surface area contributed by atoms with Crippen LogP contribution in [-0.2, 0) is 16.1 Å². The second kappa shape index (κ2) is 11.2. The number of hydrogen-bond donors (Lipinski definition) is 1. The van der Waals surface area contributed by atoms with Gasteiger partial charge in [0, 0.05) is 13.1 Å². The van der Waals surface area contributed by atoms with Crippen LogP contribution in [0.5, 0.6) is 11.5 Å². The van der Waals surface area contributed by atoms with E-state index in [2.05, 4.69) is 5.32 Å². The molecule has 0 saturated heterocycles. The SMILES string of the molecule is CCCNC(=O)C(C)N(Cc1cccc(OC)c1)C(=O)COc1ccc(C)c(C)c1. The number of rotatable bonds is 10. The molecular formula is C24H32N2O4. The molecule has 0 spiro atoms. The van der Waals surface area contributed by atoms with E-state index < -0.39 is 6.04 Å². The fraction of sp³-hybridized carbons (Fsp3) is 0.417. The van der Waals surface area contributed by atoms with E-state index in [9.17, 15) is 9.59 Å². The number of carbonyl (C=O) groups is 2. The van der Waals surface area contributed by atoms with Crippen molar-refractivity contribution >= 4 is 11.8 Å². The van der Waals surface area contributed by atoms with E-state index in [-0.39, 0.29) is 25.0 Å². The molecule has 0 heterocycles. The summed E-state index contributed by atoms with van der Waals surface area (Å²) in [5.74, 6) is 0.903. The van der Waals surface area contributed by atoms with E-state index in [1.807, 2.05) is 63.2 Å². The van der Waals surface area contributed by atoms with Crippen LogP contribution in [0.1, 0.15) is 37.0 Å². The number of carbonyl (C=O) groups excluding carboxylic acids is 2. The molecule has 2 aromatic carbocycles. The Hall–Kier alpha value is -3.02. The third-order valence-electron chi connectivity index (χ3n) is 5.04. The molecule has 0 aliphatic carbocycles. The van der Waals surface area contributed by atoms with Gasteiger partial charge in [0.1, 0.15) is 17.5 Å². The monoisotopic (exact) mass is 412 g/mol. The Morgan fingerprint density at radius 2 is 1.83 bits per heavy atom. The van der Waals surface area contributed by atoms with Gasteiger partial charge in [0.25, 0.3) is 5.91 Å². The summed E-state index contributed by atoms with van der Waals surface area (Å²) in [6.07, 6.45) is 0.832. The van der Waals surface area contributed by atoms with E-state index in [1.165, 1.54) is 0 Å². The average Bonchev–Trinajstić information content (AvgIpc) is 2.76. The lowest BCUT2D eigenvalue weighted by Gasteiger charge is -2.29. The van der Waals surface area contributed by atoms with Gasteiger partial charge in [-0.1, -0.05) is 25.1 Å². The molecule has 162 valence electrons. The van der Waals surface area contributed by atoms with Crippen molar-refractivity contribution in [1.82, 2.24) is 10.2 Å². The highest BCUT2D eigenvalue weighted by atomic mass is 16.5. The van der Waals surface area contributed by atoms with Crippen molar-refractivity contribution in [3.05, 3.63) is 59.2 Å². The van der Waals surface area contributed by atoms with E-state index in [0.29, 0.717) is 18.0 Å². The zero-order valence-electron chi connectivity index (χ0n) is 18.5. The highest BCUT2D eigenvalue weighted by Gasteiger charge is 2.26. The van der Waals surface area contributed by atoms with Gasteiger partial charge < -0.3 is 19.7 Å². The first-order valence-electron chi connectivity index (χ1n) is 10.3. The molecule has 1 N–H and O–H groups in total. The number of amides is 2. The zero-order valence-corrected chi connectivity index (χ0v) is 18.5. The van der Waals surface area contributed by atoms with Gasteiger partial charge >= 0.3 is 0 Å². The van der Waals surface area contributed by atoms with Gasteiger partial charge in [0.2, 0.25) is 5.91 Å². The molecule has 6 heteroatoms. The Kier molecular flexibility index (Phi) is 8.71. The highest BCUT2D eigenvalue weighted by molar-refractivity contribution is 5.87. The van der Waals surface area contributed by atoms with Gasteiger partial charge in [0.15, 0.2) is 6.61 Å². The molecule has 1 unspecified atom stereocenters. The van der Waals surface area contributed by atoms with Crippen molar-refractivity contribution in [2.45, 2.75) is 46.7 Å². The zero-order chi connectivity index (χ0) is 22.1. The predicted molar refractivity (Wildman–Crippen MR) is 118 cm³/mol. The molecule has 6 nitrogen and oxygen atoms in total. The van der Waals surface area contributed by atoms with Gasteiger partial charge in [-0.25, -0.2) is 0 Å². The lowest BCUT2D eigenvalue weighted by molar-refractivity contribution is -0.142. The van der Waals surface area contributed by atoms with Gasteiger partial charge in [0.05, 0.1) is 7.11 Å². The van der Waals surface area contributed by atoms with Crippen molar-refractivity contribution < 1.29 is 19.1 Å². The van der Waals surface area contributed by atoms with Crippen molar-refractivity contribution in [3.8, 4) is 11.5 Å². The summed E-state index contributed by atoms with van der Waals surface area (Å²) in [5.41, 5.74) is 3.14. The number of hydrogen-bond acceptors (Lipinski definition) is 4. The lowest BCUT2D eigenvalue weighted by atomic mass is 10.1. The van der Waals surface area contributed by atoms with E-state index >= 15 is 0 Å². The van der Waals surface area contributed by atoms with Crippen LogP contribution in [0.25, 0.3) is 0 Å². The molecule has 2 aromatic rings. The maximum absolute atomic E-state index is 13.0. The Bertz CT molecular complexity index is 866. The van der Waals surface area contributed by atoms with Crippen LogP contribution < -0.4 is 14.8 Å². The molecule has 0 fully saturated rings. The van der Waals surface area contributed by atoms with E-state index in [4.69, 9.17) is 9.47 Å². The molecule has 0 aromatic heterocycles. The molecular weight excluding hydrogens is 380 g/mol. The quantitative estimate of drug-likeness (QED) is 0.647. The van der Waals surface area contributed by atoms with E-state index in [0.717, 1.165) is 23.1 Å². The second-order valence-electron chi connectivity index (χ2n) is 7.37. The minimum atomic E-state index is -0.626. The number of methoxy groups -OCH3 is 1. The first-order valence-corrected chi connectivity index (χ1v) is 10.3. The highest BCUT2D eigenvalue weighted by Crippen LogP contribution is 2.18. The third kappa shape index (κ3) is 6.51. The van der Waals surface area contributed by atoms with Crippen LogP contribution in [0.2, 0.25) is 0 Å². The normalized spacial score (nSPS) is 11.5. The molecule has 0 bridgehead atoms. The number of nitrogens with zero attached hydrogens (tertiary/aromatic N) is 1. The van der Waals surface area contributed by atoms with Gasteiger partial charge in [-0.2, -0.15) is 0 Å². The molecule has 0 aliphatic heterocycles. The summed E-state index contributed by atoms with van der Waals surface area (Å²) in [6.45, 7) is 8.46. The summed E-state index contributed by atoms with van der Waals surface area (Å²) in [6, 6.07) is 12.6. The Morgan fingerprint density at radius 3 is 2.50 bits per heavy atom. The summed E-state index contributed by atoms with van der Waals surface area (Å²) in [5, 5.41) is 2.86. The molecule has 2 rings (SSSR count). The van der Waals surface area contributed by atoms with Crippen LogP contribution in [-0.4, -0.2) is 43.0 Å². The minimum absolute atomic E-state index is 0.141. The largest absolute Gasteiger partial charge is 0.497 e. The number of nitrogens with one attached hydrogen (secondary N) is 1. The van der Waals surface area contributed by atoms with Crippen LogP contribution in [0.15, 0.2) is 42.5 Å². The molecule has 30 heavy (non-hydrogen) atoms. The summed E-state index contributed by atoms with van der Waals surface area (Å²) >= 11 is 0. The number of benzene rings is 2. The fourth-order valence-corrected chi connectivity index (χ4v) is 2.98. The Balaban J connectivity index is 2.16. The number of aryl methyl sites for hydroxylation is 2. The third-order valence-corrected chi connectivity index (χ3v) is 5.04. The molecule has 0 radical (unpaired) electrons. The summed E-state index contributed by atoms with van der Waals surface area (Å²) in [4.78, 5) is 27.1. The van der Waals surface area contributed by atoms with Crippen molar-refractivity contribution in [1.29, 1.82) is 0 Å². The smallest absolute Gasteiger partial charge is 0.261 e. The standard InChI is InChI=1S/C24H32N2O4/c1-6-12-25-24(28)19(4)26(15-20-8-7-9-21(14-20)29-5)23(27)16-30-22-11-10-17(2)18(3)13-22/h7-11,13-14,19H,6,12,15-16H2,1-5H3,(H,25,28). The van der Waals surface area contributed by atoms with Crippen LogP contribution in [0.3, 0.4) is 0 Å². The number of ether oxygens (including phenoxy) is 2. The van der Waals surface area contributed by atoms with Crippen LogP contribution >= 0.6 is 0 Å². The maximum Gasteiger partial charge on any atom is 0.261 e. The van der Waals surface area contributed by atoms with Crippen LogP contribution in [0, 0.1) is 13.8 Å². The minimum Gasteiger partial charge on any atom is -0.497 e. The fourth-order valence-electron chi connectivity index (χ4n) is 2.98. The molecule has 2 amide bonds. The van der Waals surface area contributed by atoms with Crippen molar-refractivity contribution in [3.63, 3.8) is 0 Å². The van der Waals surface area contributed by atoms with Gasteiger partial charge in [-0.15, -0.1) is 0 Å². The van der Waals surface area contributed by atoms with Gasteiger partial charge in [-0.05, 0) is 68.1 Å². The second-order valence-corrected chi connectivity index (χ2v) is 7.37. The van der Waals surface area contributed by atoms with Gasteiger partial charge in [-0.3, -0.25) is 9.59 Å². The Labute approximate surface area is 179 Å². The lowest BCUT2D eigenvalue weighted by Crippen LogP contribution is -2.49. The maximum atomic E-state index is 13.0. The topological polar surface area (TPSA) is 67.9 Å².